The second-order valence-electron chi connectivity index (χ2n) is 6.10. The first kappa shape index (κ1) is 18.1. The number of aromatic nitrogens is 1. The third kappa shape index (κ3) is 3.75. The maximum atomic E-state index is 11.0. The van der Waals surface area contributed by atoms with Gasteiger partial charge in [-0.25, -0.2) is 0 Å². The number of halogens is 1. The molecule has 0 amide bonds. The Balaban J connectivity index is 2.15. The lowest BCUT2D eigenvalue weighted by Crippen LogP contribution is -2.06. The lowest BCUT2D eigenvalue weighted by Gasteiger charge is -2.17. The molecule has 0 spiro atoms. The Morgan fingerprint density at radius 2 is 1.85 bits per heavy atom. The minimum Gasteiger partial charge on any atom is -0.497 e. The van der Waals surface area contributed by atoms with Gasteiger partial charge in [0.1, 0.15) is 5.75 Å². The fraction of sp³-hybridized carbons (Fsp3) is 0.190. The molecule has 0 saturated carbocycles. The van der Waals surface area contributed by atoms with E-state index in [4.69, 9.17) is 21.4 Å². The van der Waals surface area contributed by atoms with Gasteiger partial charge in [-0.05, 0) is 73.0 Å². The van der Waals surface area contributed by atoms with Gasteiger partial charge in [-0.3, -0.25) is 4.79 Å². The predicted molar refractivity (Wildman–Crippen MR) is 103 cm³/mol. The van der Waals surface area contributed by atoms with Crippen LogP contribution in [0.2, 0.25) is 5.02 Å². The number of aryl methyl sites for hydroxylation is 2. The molecule has 0 aliphatic heterocycles. The van der Waals surface area contributed by atoms with Gasteiger partial charge in [0.2, 0.25) is 0 Å². The topological polar surface area (TPSA) is 51.5 Å². The second-order valence-corrected chi connectivity index (χ2v) is 6.53. The summed E-state index contributed by atoms with van der Waals surface area (Å²) in [6.45, 7) is 2.02. The van der Waals surface area contributed by atoms with Crippen LogP contribution in [0.3, 0.4) is 0 Å². The van der Waals surface area contributed by atoms with Gasteiger partial charge >= 0.3 is 5.97 Å². The fourth-order valence-corrected chi connectivity index (χ4v) is 3.17. The first-order chi connectivity index (χ1) is 12.5. The summed E-state index contributed by atoms with van der Waals surface area (Å²) >= 11 is 6.23. The summed E-state index contributed by atoms with van der Waals surface area (Å²) in [5.74, 6) is -0.0246. The molecule has 134 valence electrons. The quantitative estimate of drug-likeness (QED) is 0.655. The largest absolute Gasteiger partial charge is 0.497 e. The van der Waals surface area contributed by atoms with E-state index in [9.17, 15) is 4.79 Å². The van der Waals surface area contributed by atoms with Crippen molar-refractivity contribution in [2.24, 2.45) is 0 Å². The van der Waals surface area contributed by atoms with Gasteiger partial charge in [-0.2, -0.15) is 0 Å². The van der Waals surface area contributed by atoms with Gasteiger partial charge in [0.25, 0.3) is 0 Å². The molecule has 3 rings (SSSR count). The Kier molecular flexibility index (Phi) is 5.33. The normalized spacial score (nSPS) is 10.7. The molecule has 0 radical (unpaired) electrons. The molecule has 2 aromatic carbocycles. The monoisotopic (exact) mass is 369 g/mol. The summed E-state index contributed by atoms with van der Waals surface area (Å²) in [7, 11) is 1.64. The van der Waals surface area contributed by atoms with Crippen molar-refractivity contribution in [2.45, 2.75) is 19.8 Å². The summed E-state index contributed by atoms with van der Waals surface area (Å²) in [5, 5.41) is 9.71. The summed E-state index contributed by atoms with van der Waals surface area (Å²) in [6, 6.07) is 17.5. The highest BCUT2D eigenvalue weighted by Crippen LogP contribution is 2.31. The van der Waals surface area contributed by atoms with Gasteiger partial charge in [0, 0.05) is 10.7 Å². The molecule has 1 N–H and O–H groups in total. The average Bonchev–Trinajstić information content (AvgIpc) is 3.05. The molecule has 0 atom stereocenters. The molecule has 0 fully saturated rings. The van der Waals surface area contributed by atoms with Crippen molar-refractivity contribution in [1.29, 1.82) is 0 Å². The smallest absolute Gasteiger partial charge is 0.303 e. The van der Waals surface area contributed by atoms with Crippen molar-refractivity contribution in [1.82, 2.24) is 4.57 Å². The van der Waals surface area contributed by atoms with Crippen LogP contribution in [0.1, 0.15) is 17.7 Å². The third-order valence-electron chi connectivity index (χ3n) is 4.35. The molecule has 4 nitrogen and oxygen atoms in total. The standard InChI is InChI=1S/C21H20ClNO3/c1-14-3-6-16(22)13-20(14)23-17(8-12-21(24)25)7-11-19(23)15-4-9-18(26-2)10-5-15/h3-7,9-11,13H,8,12H2,1-2H3,(H,24,25). The molecular weight excluding hydrogens is 350 g/mol. The number of nitrogens with zero attached hydrogens (tertiary/aromatic N) is 1. The number of aliphatic carboxylic acids is 1. The van der Waals surface area contributed by atoms with Crippen LogP contribution < -0.4 is 4.74 Å². The van der Waals surface area contributed by atoms with Crippen molar-refractivity contribution in [3.63, 3.8) is 0 Å². The SMILES string of the molecule is COc1ccc(-c2ccc(CCC(=O)O)n2-c2cc(Cl)ccc2C)cc1. The van der Waals surface area contributed by atoms with Crippen LogP contribution in [0.4, 0.5) is 0 Å². The zero-order valence-corrected chi connectivity index (χ0v) is 15.5. The molecule has 3 aromatic rings. The van der Waals surface area contributed by atoms with Crippen LogP contribution in [-0.4, -0.2) is 22.8 Å². The van der Waals surface area contributed by atoms with Crippen molar-refractivity contribution < 1.29 is 14.6 Å². The minimum absolute atomic E-state index is 0.0751. The zero-order valence-electron chi connectivity index (χ0n) is 14.7. The van der Waals surface area contributed by atoms with E-state index in [2.05, 4.69) is 4.57 Å². The van der Waals surface area contributed by atoms with E-state index < -0.39 is 5.97 Å². The Labute approximate surface area is 157 Å². The molecule has 0 bridgehead atoms. The van der Waals surface area contributed by atoms with Crippen molar-refractivity contribution in [3.8, 4) is 22.7 Å². The number of methoxy groups -OCH3 is 1. The summed E-state index contributed by atoms with van der Waals surface area (Å²) < 4.78 is 7.32. The molecule has 0 saturated heterocycles. The second kappa shape index (κ2) is 7.67. The Morgan fingerprint density at radius 3 is 2.50 bits per heavy atom. The molecular formula is C21H20ClNO3. The van der Waals surface area contributed by atoms with E-state index in [1.807, 2.05) is 61.5 Å². The number of ether oxygens (including phenoxy) is 1. The maximum absolute atomic E-state index is 11.0. The molecule has 0 aliphatic rings. The molecule has 1 heterocycles. The molecule has 0 aliphatic carbocycles. The number of hydrogen-bond donors (Lipinski definition) is 1. The lowest BCUT2D eigenvalue weighted by atomic mass is 10.1. The van der Waals surface area contributed by atoms with Crippen LogP contribution >= 0.6 is 11.6 Å². The minimum atomic E-state index is -0.813. The van der Waals surface area contributed by atoms with Gasteiger partial charge in [-0.1, -0.05) is 17.7 Å². The number of rotatable bonds is 6. The molecule has 1 aromatic heterocycles. The highest BCUT2D eigenvalue weighted by molar-refractivity contribution is 6.30. The van der Waals surface area contributed by atoms with Gasteiger partial charge in [0.05, 0.1) is 24.9 Å². The Morgan fingerprint density at radius 1 is 1.12 bits per heavy atom. The highest BCUT2D eigenvalue weighted by atomic mass is 35.5. The maximum Gasteiger partial charge on any atom is 0.303 e. The van der Waals surface area contributed by atoms with Crippen LogP contribution in [0.5, 0.6) is 5.75 Å². The van der Waals surface area contributed by atoms with Crippen molar-refractivity contribution in [3.05, 3.63) is 70.9 Å². The number of carbonyl (C=O) groups is 1. The average molecular weight is 370 g/mol. The summed E-state index contributed by atoms with van der Waals surface area (Å²) in [4.78, 5) is 11.0. The van der Waals surface area contributed by atoms with E-state index in [-0.39, 0.29) is 6.42 Å². The number of benzene rings is 2. The van der Waals surface area contributed by atoms with E-state index in [0.29, 0.717) is 11.4 Å². The van der Waals surface area contributed by atoms with Gasteiger partial charge in [-0.15, -0.1) is 0 Å². The number of carboxylic acid groups (broad SMARTS) is 1. The lowest BCUT2D eigenvalue weighted by molar-refractivity contribution is -0.136. The fourth-order valence-electron chi connectivity index (χ4n) is 3.00. The first-order valence-electron chi connectivity index (χ1n) is 8.33. The Bertz CT molecular complexity index is 929. The number of carboxylic acids is 1. The third-order valence-corrected chi connectivity index (χ3v) is 4.59. The van der Waals surface area contributed by atoms with Gasteiger partial charge < -0.3 is 14.4 Å². The Hall–Kier alpha value is -2.72. The predicted octanol–water partition coefficient (Wildman–Crippen LogP) is 5.13. The molecule has 26 heavy (non-hydrogen) atoms. The van der Waals surface area contributed by atoms with Crippen LogP contribution in [0.25, 0.3) is 16.9 Å². The van der Waals surface area contributed by atoms with Crippen molar-refractivity contribution in [2.75, 3.05) is 7.11 Å². The van der Waals surface area contributed by atoms with E-state index >= 15 is 0 Å². The van der Waals surface area contributed by atoms with Gasteiger partial charge in [0.15, 0.2) is 0 Å². The van der Waals surface area contributed by atoms with Crippen LogP contribution in [-0.2, 0) is 11.2 Å². The molecule has 5 heteroatoms. The van der Waals surface area contributed by atoms with Crippen molar-refractivity contribution >= 4 is 17.6 Å². The number of hydrogen-bond acceptors (Lipinski definition) is 2. The van der Waals surface area contributed by atoms with E-state index in [1.165, 1.54) is 0 Å². The molecule has 0 unspecified atom stereocenters. The zero-order chi connectivity index (χ0) is 18.7. The van der Waals surface area contributed by atoms with E-state index in [1.54, 1.807) is 7.11 Å². The van der Waals surface area contributed by atoms with E-state index in [0.717, 1.165) is 34.0 Å². The summed E-state index contributed by atoms with van der Waals surface area (Å²) in [5.41, 5.74) is 4.96. The van der Waals surface area contributed by atoms with Crippen LogP contribution in [0, 0.1) is 6.92 Å². The first-order valence-corrected chi connectivity index (χ1v) is 8.71. The summed E-state index contributed by atoms with van der Waals surface area (Å²) in [6.07, 6.45) is 0.517. The van der Waals surface area contributed by atoms with Crippen LogP contribution in [0.15, 0.2) is 54.6 Å². The highest BCUT2D eigenvalue weighted by Gasteiger charge is 2.15.